The molecule has 2 amide bonds. The molecule has 2 aromatic carbocycles. The molecule has 0 radical (unpaired) electrons. The Labute approximate surface area is 234 Å². The minimum Gasteiger partial charge on any atom is -0.354 e. The van der Waals surface area contributed by atoms with E-state index in [1.165, 1.54) is 18.2 Å². The molecule has 0 spiro atoms. The van der Waals surface area contributed by atoms with Crippen LogP contribution in [0.25, 0.3) is 10.9 Å². The van der Waals surface area contributed by atoms with Crippen molar-refractivity contribution in [3.05, 3.63) is 64.3 Å². The van der Waals surface area contributed by atoms with Crippen LogP contribution in [0.1, 0.15) is 38.8 Å². The van der Waals surface area contributed by atoms with Crippen LogP contribution in [0.15, 0.2) is 53.4 Å². The van der Waals surface area contributed by atoms with Gasteiger partial charge in [0.2, 0.25) is 21.8 Å². The Morgan fingerprint density at radius 3 is 2.39 bits per heavy atom. The van der Waals surface area contributed by atoms with Crippen molar-refractivity contribution in [1.82, 2.24) is 19.9 Å². The van der Waals surface area contributed by atoms with E-state index in [0.29, 0.717) is 30.8 Å². The first-order chi connectivity index (χ1) is 18.0. The number of rotatable bonds is 13. The van der Waals surface area contributed by atoms with E-state index in [9.17, 15) is 18.0 Å². The van der Waals surface area contributed by atoms with Crippen LogP contribution in [0.2, 0.25) is 10.0 Å². The van der Waals surface area contributed by atoms with Gasteiger partial charge in [-0.3, -0.25) is 9.59 Å². The summed E-state index contributed by atoms with van der Waals surface area (Å²) >= 11 is 11.8. The van der Waals surface area contributed by atoms with Gasteiger partial charge in [0.1, 0.15) is 10.9 Å². The summed E-state index contributed by atoms with van der Waals surface area (Å²) in [5.41, 5.74) is 1.92. The number of carbonyl (C=O) groups excluding carboxylic acids is 2. The van der Waals surface area contributed by atoms with E-state index in [0.717, 1.165) is 16.6 Å². The van der Waals surface area contributed by atoms with E-state index in [1.54, 1.807) is 0 Å². The molecule has 3 N–H and O–H groups in total. The number of halogens is 2. The van der Waals surface area contributed by atoms with Crippen LogP contribution in [0, 0.1) is 5.92 Å². The van der Waals surface area contributed by atoms with Gasteiger partial charge in [-0.2, -0.15) is 0 Å². The van der Waals surface area contributed by atoms with Gasteiger partial charge in [-0.15, -0.1) is 0 Å². The number of fused-ring (bicyclic) bond motifs is 1. The number of hydrogen-bond acceptors (Lipinski definition) is 4. The lowest BCUT2D eigenvalue weighted by atomic mass is 10.0. The van der Waals surface area contributed by atoms with Crippen LogP contribution in [-0.2, 0) is 33.1 Å². The lowest BCUT2D eigenvalue weighted by Gasteiger charge is -2.20. The molecule has 1 atom stereocenters. The number of benzene rings is 2. The van der Waals surface area contributed by atoms with E-state index in [4.69, 9.17) is 23.2 Å². The van der Waals surface area contributed by atoms with Gasteiger partial charge in [0.25, 0.3) is 0 Å². The Morgan fingerprint density at radius 1 is 1.00 bits per heavy atom. The molecule has 206 valence electrons. The average Bonchev–Trinajstić information content (AvgIpc) is 3.15. The van der Waals surface area contributed by atoms with Gasteiger partial charge in [-0.25, -0.2) is 13.1 Å². The van der Waals surface area contributed by atoms with E-state index >= 15 is 0 Å². The summed E-state index contributed by atoms with van der Waals surface area (Å²) < 4.78 is 29.4. The molecule has 3 aromatic rings. The lowest BCUT2D eigenvalue weighted by molar-refractivity contribution is -0.129. The Kier molecular flexibility index (Phi) is 10.6. The second-order valence-electron chi connectivity index (χ2n) is 9.65. The Morgan fingerprint density at radius 2 is 1.71 bits per heavy atom. The largest absolute Gasteiger partial charge is 0.354 e. The van der Waals surface area contributed by atoms with Crippen LogP contribution in [0.4, 0.5) is 0 Å². The smallest absolute Gasteiger partial charge is 0.242 e. The second kappa shape index (κ2) is 13.5. The quantitative estimate of drug-likeness (QED) is 0.260. The van der Waals surface area contributed by atoms with E-state index in [2.05, 4.69) is 15.4 Å². The molecule has 0 aliphatic carbocycles. The van der Waals surface area contributed by atoms with Crippen LogP contribution in [0.5, 0.6) is 0 Å². The SMILES string of the molecule is CC(C)C[C@H](NC(=O)Cc1cc2ccccc2n1C)C(=O)NCCCCNS(=O)(=O)c1ccc(Cl)cc1Cl. The molecule has 1 aromatic heterocycles. The van der Waals surface area contributed by atoms with Crippen molar-refractivity contribution in [1.29, 1.82) is 0 Å². The van der Waals surface area contributed by atoms with Crippen molar-refractivity contribution >= 4 is 55.9 Å². The highest BCUT2D eigenvalue weighted by atomic mass is 35.5. The van der Waals surface area contributed by atoms with Crippen molar-refractivity contribution in [3.8, 4) is 0 Å². The van der Waals surface area contributed by atoms with Gasteiger partial charge in [0.05, 0.1) is 11.4 Å². The zero-order chi connectivity index (χ0) is 27.9. The van der Waals surface area contributed by atoms with Crippen molar-refractivity contribution < 1.29 is 18.0 Å². The van der Waals surface area contributed by atoms with Crippen molar-refractivity contribution in [2.24, 2.45) is 13.0 Å². The third kappa shape index (κ3) is 8.20. The molecule has 11 heteroatoms. The van der Waals surface area contributed by atoms with Crippen LogP contribution in [0.3, 0.4) is 0 Å². The maximum absolute atomic E-state index is 12.8. The zero-order valence-corrected chi connectivity index (χ0v) is 24.1. The first kappa shape index (κ1) is 30.0. The molecule has 0 aliphatic heterocycles. The van der Waals surface area contributed by atoms with Gasteiger partial charge < -0.3 is 15.2 Å². The third-order valence-corrected chi connectivity index (χ3v) is 8.31. The Hall–Kier alpha value is -2.59. The first-order valence-corrected chi connectivity index (χ1v) is 14.8. The predicted octanol–water partition coefficient (Wildman–Crippen LogP) is 4.43. The maximum Gasteiger partial charge on any atom is 0.242 e. The molecule has 0 saturated carbocycles. The highest BCUT2D eigenvalue weighted by Crippen LogP contribution is 2.24. The number of amides is 2. The number of aromatic nitrogens is 1. The molecule has 3 rings (SSSR count). The molecule has 38 heavy (non-hydrogen) atoms. The van der Waals surface area contributed by atoms with Gasteiger partial charge in [-0.1, -0.05) is 55.2 Å². The van der Waals surface area contributed by atoms with Gasteiger partial charge in [0.15, 0.2) is 0 Å². The highest BCUT2D eigenvalue weighted by Gasteiger charge is 2.22. The van der Waals surface area contributed by atoms with Crippen LogP contribution >= 0.6 is 23.2 Å². The molecular formula is C27H34Cl2N4O4S. The average molecular weight is 582 g/mol. The number of nitrogens with zero attached hydrogens (tertiary/aromatic N) is 1. The number of hydrogen-bond donors (Lipinski definition) is 3. The summed E-state index contributed by atoms with van der Waals surface area (Å²) in [4.78, 5) is 25.6. The monoisotopic (exact) mass is 580 g/mol. The van der Waals surface area contributed by atoms with Gasteiger partial charge in [0, 0.05) is 36.4 Å². The molecule has 0 fully saturated rings. The number of nitrogens with one attached hydrogen (secondary N) is 3. The summed E-state index contributed by atoms with van der Waals surface area (Å²) in [6, 6.07) is 13.5. The molecule has 8 nitrogen and oxygen atoms in total. The normalized spacial score (nSPS) is 12.6. The summed E-state index contributed by atoms with van der Waals surface area (Å²) in [5.74, 6) is -0.262. The second-order valence-corrected chi connectivity index (χ2v) is 12.2. The summed E-state index contributed by atoms with van der Waals surface area (Å²) in [6.45, 7) is 4.54. The lowest BCUT2D eigenvalue weighted by Crippen LogP contribution is -2.48. The van der Waals surface area contributed by atoms with Gasteiger partial charge >= 0.3 is 0 Å². The molecule has 1 heterocycles. The maximum atomic E-state index is 12.8. The number of aryl methyl sites for hydroxylation is 1. The number of para-hydroxylation sites is 1. The third-order valence-electron chi connectivity index (χ3n) is 6.13. The predicted molar refractivity (Wildman–Crippen MR) is 152 cm³/mol. The minimum absolute atomic E-state index is 0.0346. The Bertz CT molecular complexity index is 1390. The first-order valence-electron chi connectivity index (χ1n) is 12.5. The summed E-state index contributed by atoms with van der Waals surface area (Å²) in [5, 5.41) is 7.22. The van der Waals surface area contributed by atoms with Crippen molar-refractivity contribution in [2.75, 3.05) is 13.1 Å². The molecule has 0 bridgehead atoms. The van der Waals surface area contributed by atoms with E-state index < -0.39 is 16.1 Å². The molecule has 0 aliphatic rings. The van der Waals surface area contributed by atoms with Crippen LogP contribution < -0.4 is 15.4 Å². The zero-order valence-electron chi connectivity index (χ0n) is 21.8. The number of carbonyl (C=O) groups is 2. The van der Waals surface area contributed by atoms with E-state index in [1.807, 2.05) is 55.8 Å². The minimum atomic E-state index is -3.77. The van der Waals surface area contributed by atoms with Gasteiger partial charge in [-0.05, 0) is 60.9 Å². The number of unbranched alkanes of at least 4 members (excludes halogenated alkanes) is 1. The fourth-order valence-corrected chi connectivity index (χ4v) is 6.04. The fraction of sp³-hybridized carbons (Fsp3) is 0.407. The van der Waals surface area contributed by atoms with Crippen molar-refractivity contribution in [2.45, 2.75) is 50.5 Å². The summed E-state index contributed by atoms with van der Waals surface area (Å²) in [6.07, 6.45) is 1.74. The Balaban J connectivity index is 1.46. The molecule has 0 unspecified atom stereocenters. The summed E-state index contributed by atoms with van der Waals surface area (Å²) in [7, 11) is -1.84. The van der Waals surface area contributed by atoms with E-state index in [-0.39, 0.29) is 40.6 Å². The fourth-order valence-electron chi connectivity index (χ4n) is 4.19. The molecular weight excluding hydrogens is 547 g/mol. The number of sulfonamides is 1. The van der Waals surface area contributed by atoms with Crippen LogP contribution in [-0.4, -0.2) is 43.9 Å². The molecule has 0 saturated heterocycles. The standard InChI is InChI=1S/C27H34Cl2N4O4S/c1-18(2)14-23(32-26(34)17-21-15-19-8-4-5-9-24(19)33(21)3)27(35)30-12-6-7-13-31-38(36,37)25-11-10-20(28)16-22(25)29/h4-5,8-11,15-16,18,23,31H,6-7,12-14,17H2,1-3H3,(H,30,35)(H,32,34)/t23-/m0/s1. The highest BCUT2D eigenvalue weighted by molar-refractivity contribution is 7.89. The van der Waals surface area contributed by atoms with Crippen molar-refractivity contribution in [3.63, 3.8) is 0 Å². The topological polar surface area (TPSA) is 109 Å².